The van der Waals surface area contributed by atoms with Crippen LogP contribution in [0.1, 0.15) is 29.4 Å². The number of carbonyl (C=O) groups excluding carboxylic acids is 1. The molecular formula is C18H20ClNO2S. The van der Waals surface area contributed by atoms with Crippen LogP contribution >= 0.6 is 22.9 Å². The molecule has 0 radical (unpaired) electrons. The van der Waals surface area contributed by atoms with Crippen LogP contribution in [0.15, 0.2) is 41.8 Å². The van der Waals surface area contributed by atoms with Crippen molar-refractivity contribution < 1.29 is 9.90 Å². The van der Waals surface area contributed by atoms with E-state index in [1.165, 1.54) is 0 Å². The standard InChI is InChI=1S/C18H20ClNO2S/c19-15-5-3-13(4-6-15)18(22)14-7-9-20(10-8-14)17(21)12-16-2-1-11-23-16/h1-6,11,14,18,22H,7-10,12H2/t18-/m0/s1. The molecule has 5 heteroatoms. The first-order valence-corrected chi connectivity index (χ1v) is 9.13. The van der Waals surface area contributed by atoms with E-state index in [0.29, 0.717) is 11.4 Å². The van der Waals surface area contributed by atoms with Gasteiger partial charge < -0.3 is 10.0 Å². The minimum Gasteiger partial charge on any atom is -0.388 e. The summed E-state index contributed by atoms with van der Waals surface area (Å²) in [5, 5.41) is 13.2. The summed E-state index contributed by atoms with van der Waals surface area (Å²) in [4.78, 5) is 15.3. The molecule has 1 amide bonds. The van der Waals surface area contributed by atoms with Gasteiger partial charge in [-0.25, -0.2) is 0 Å². The minimum absolute atomic E-state index is 0.187. The topological polar surface area (TPSA) is 40.5 Å². The quantitative estimate of drug-likeness (QED) is 0.908. The van der Waals surface area contributed by atoms with Gasteiger partial charge in [0.1, 0.15) is 0 Å². The molecule has 0 spiro atoms. The maximum Gasteiger partial charge on any atom is 0.227 e. The number of nitrogens with zero attached hydrogens (tertiary/aromatic N) is 1. The van der Waals surface area contributed by atoms with E-state index >= 15 is 0 Å². The molecule has 1 atom stereocenters. The summed E-state index contributed by atoms with van der Waals surface area (Å²) < 4.78 is 0. The van der Waals surface area contributed by atoms with Gasteiger partial charge in [-0.1, -0.05) is 29.8 Å². The van der Waals surface area contributed by atoms with Crippen molar-refractivity contribution in [2.75, 3.05) is 13.1 Å². The molecule has 1 saturated heterocycles. The Balaban J connectivity index is 1.53. The normalized spacial score (nSPS) is 17.2. The molecule has 2 aromatic rings. The van der Waals surface area contributed by atoms with Crippen molar-refractivity contribution >= 4 is 28.8 Å². The van der Waals surface area contributed by atoms with E-state index in [1.54, 1.807) is 23.5 Å². The number of aliphatic hydroxyl groups is 1. The SMILES string of the molecule is O=C(Cc1cccs1)N1CCC([C@@H](O)c2ccc(Cl)cc2)CC1. The largest absolute Gasteiger partial charge is 0.388 e. The Morgan fingerprint density at radius 3 is 2.57 bits per heavy atom. The number of hydrogen-bond acceptors (Lipinski definition) is 3. The third-order valence-electron chi connectivity index (χ3n) is 4.46. The van der Waals surface area contributed by atoms with Crippen LogP contribution in [-0.2, 0) is 11.2 Å². The number of thiophene rings is 1. The van der Waals surface area contributed by atoms with Crippen LogP contribution in [0, 0.1) is 5.92 Å². The zero-order valence-electron chi connectivity index (χ0n) is 12.8. The summed E-state index contributed by atoms with van der Waals surface area (Å²) in [7, 11) is 0. The highest BCUT2D eigenvalue weighted by molar-refractivity contribution is 7.10. The number of hydrogen-bond donors (Lipinski definition) is 1. The minimum atomic E-state index is -0.484. The fourth-order valence-electron chi connectivity index (χ4n) is 3.07. The average Bonchev–Trinajstić information content (AvgIpc) is 3.08. The summed E-state index contributed by atoms with van der Waals surface area (Å²) in [6, 6.07) is 11.3. The predicted molar refractivity (Wildman–Crippen MR) is 93.7 cm³/mol. The molecule has 3 nitrogen and oxygen atoms in total. The number of benzene rings is 1. The first-order chi connectivity index (χ1) is 11.1. The van der Waals surface area contributed by atoms with Crippen LogP contribution in [0.3, 0.4) is 0 Å². The molecular weight excluding hydrogens is 330 g/mol. The third-order valence-corrected chi connectivity index (χ3v) is 5.58. The second kappa shape index (κ2) is 7.47. The van der Waals surface area contributed by atoms with Crippen molar-refractivity contribution in [1.82, 2.24) is 4.90 Å². The number of amides is 1. The highest BCUT2D eigenvalue weighted by atomic mass is 35.5. The Morgan fingerprint density at radius 1 is 1.26 bits per heavy atom. The summed E-state index contributed by atoms with van der Waals surface area (Å²) in [5.41, 5.74) is 0.901. The third kappa shape index (κ3) is 4.14. The van der Waals surface area contributed by atoms with Gasteiger partial charge in [-0.2, -0.15) is 0 Å². The second-order valence-electron chi connectivity index (χ2n) is 5.97. The van der Waals surface area contributed by atoms with E-state index in [9.17, 15) is 9.90 Å². The summed E-state index contributed by atoms with van der Waals surface area (Å²) >= 11 is 7.51. The predicted octanol–water partition coefficient (Wildman–Crippen LogP) is 3.92. The first-order valence-electron chi connectivity index (χ1n) is 7.87. The second-order valence-corrected chi connectivity index (χ2v) is 7.44. The van der Waals surface area contributed by atoms with Crippen molar-refractivity contribution in [1.29, 1.82) is 0 Å². The summed E-state index contributed by atoms with van der Waals surface area (Å²) in [5.74, 6) is 0.383. The van der Waals surface area contributed by atoms with Crippen molar-refractivity contribution in [3.8, 4) is 0 Å². The molecule has 0 bridgehead atoms. The van der Waals surface area contributed by atoms with E-state index in [1.807, 2.05) is 34.5 Å². The molecule has 1 aliphatic rings. The number of halogens is 1. The van der Waals surface area contributed by atoms with Gasteiger partial charge in [0.25, 0.3) is 0 Å². The van der Waals surface area contributed by atoms with Gasteiger partial charge in [0.2, 0.25) is 5.91 Å². The van der Waals surface area contributed by atoms with Crippen LogP contribution in [0.5, 0.6) is 0 Å². The average molecular weight is 350 g/mol. The van der Waals surface area contributed by atoms with E-state index in [4.69, 9.17) is 11.6 Å². The monoisotopic (exact) mass is 349 g/mol. The lowest BCUT2D eigenvalue weighted by Gasteiger charge is -2.34. The number of likely N-dealkylation sites (tertiary alicyclic amines) is 1. The number of piperidine rings is 1. The fourth-order valence-corrected chi connectivity index (χ4v) is 3.89. The van der Waals surface area contributed by atoms with Gasteiger partial charge >= 0.3 is 0 Å². The van der Waals surface area contributed by atoms with Gasteiger partial charge in [0.15, 0.2) is 0 Å². The molecule has 0 unspecified atom stereocenters. The van der Waals surface area contributed by atoms with E-state index < -0.39 is 6.10 Å². The Kier molecular flexibility index (Phi) is 5.36. The zero-order valence-corrected chi connectivity index (χ0v) is 14.4. The summed E-state index contributed by atoms with van der Waals surface area (Å²) in [6.07, 6.45) is 1.67. The summed E-state index contributed by atoms with van der Waals surface area (Å²) in [6.45, 7) is 1.44. The Hall–Kier alpha value is -1.36. The molecule has 1 aromatic heterocycles. The molecule has 1 fully saturated rings. The van der Waals surface area contributed by atoms with E-state index in [0.717, 1.165) is 36.4 Å². The van der Waals surface area contributed by atoms with Crippen molar-refractivity contribution in [3.05, 3.63) is 57.2 Å². The molecule has 122 valence electrons. The highest BCUT2D eigenvalue weighted by Gasteiger charge is 2.28. The molecule has 2 heterocycles. The first kappa shape index (κ1) is 16.5. The Morgan fingerprint density at radius 2 is 1.96 bits per heavy atom. The zero-order chi connectivity index (χ0) is 16.2. The molecule has 0 saturated carbocycles. The number of rotatable bonds is 4. The van der Waals surface area contributed by atoms with Crippen molar-refractivity contribution in [2.24, 2.45) is 5.92 Å². The lowest BCUT2D eigenvalue weighted by Crippen LogP contribution is -2.40. The lowest BCUT2D eigenvalue weighted by atomic mass is 9.87. The van der Waals surface area contributed by atoms with E-state index in [-0.39, 0.29) is 11.8 Å². The molecule has 1 aliphatic heterocycles. The molecule has 3 rings (SSSR count). The molecule has 1 N–H and O–H groups in total. The lowest BCUT2D eigenvalue weighted by molar-refractivity contribution is -0.132. The number of carbonyl (C=O) groups is 1. The highest BCUT2D eigenvalue weighted by Crippen LogP contribution is 2.31. The maximum atomic E-state index is 12.3. The number of aliphatic hydroxyl groups excluding tert-OH is 1. The van der Waals surface area contributed by atoms with Gasteiger partial charge in [0.05, 0.1) is 12.5 Å². The Labute approximate surface area is 145 Å². The van der Waals surface area contributed by atoms with Crippen molar-refractivity contribution in [2.45, 2.75) is 25.4 Å². The van der Waals surface area contributed by atoms with Crippen LogP contribution in [0.4, 0.5) is 0 Å². The maximum absolute atomic E-state index is 12.3. The van der Waals surface area contributed by atoms with Crippen LogP contribution < -0.4 is 0 Å². The van der Waals surface area contributed by atoms with Gasteiger partial charge in [-0.3, -0.25) is 4.79 Å². The molecule has 23 heavy (non-hydrogen) atoms. The van der Waals surface area contributed by atoms with Gasteiger partial charge in [-0.15, -0.1) is 11.3 Å². The fraction of sp³-hybridized carbons (Fsp3) is 0.389. The Bertz CT molecular complexity index is 634. The molecule has 1 aromatic carbocycles. The van der Waals surface area contributed by atoms with Crippen LogP contribution in [0.25, 0.3) is 0 Å². The van der Waals surface area contributed by atoms with Gasteiger partial charge in [-0.05, 0) is 47.9 Å². The molecule has 0 aliphatic carbocycles. The van der Waals surface area contributed by atoms with Crippen LogP contribution in [0.2, 0.25) is 5.02 Å². The van der Waals surface area contributed by atoms with Gasteiger partial charge in [0, 0.05) is 23.0 Å². The van der Waals surface area contributed by atoms with E-state index in [2.05, 4.69) is 0 Å². The smallest absolute Gasteiger partial charge is 0.227 e. The van der Waals surface area contributed by atoms with Crippen LogP contribution in [-0.4, -0.2) is 29.0 Å². The van der Waals surface area contributed by atoms with Crippen molar-refractivity contribution in [3.63, 3.8) is 0 Å².